The van der Waals surface area contributed by atoms with Crippen LogP contribution in [-0.2, 0) is 6.42 Å². The van der Waals surface area contributed by atoms with E-state index in [2.05, 4.69) is 0 Å². The Balaban J connectivity index is 2.29. The average Bonchev–Trinajstić information content (AvgIpc) is 2.42. The maximum atomic E-state index is 13.7. The average molecular weight is 256 g/mol. The fourth-order valence-corrected chi connectivity index (χ4v) is 1.68. The van der Waals surface area contributed by atoms with Crippen molar-refractivity contribution >= 4 is 5.69 Å². The summed E-state index contributed by atoms with van der Waals surface area (Å²) in [4.78, 5) is 0. The zero-order valence-corrected chi connectivity index (χ0v) is 10.5. The van der Waals surface area contributed by atoms with Gasteiger partial charge in [-0.15, -0.1) is 0 Å². The number of anilines is 1. The van der Waals surface area contributed by atoms with Crippen LogP contribution >= 0.6 is 0 Å². The molecule has 0 heterocycles. The van der Waals surface area contributed by atoms with E-state index in [0.29, 0.717) is 11.4 Å². The molecular weight excluding hydrogens is 243 g/mol. The zero-order valence-electron chi connectivity index (χ0n) is 10.5. The molecule has 2 N–H and O–H groups in total. The molecule has 0 fully saturated rings. The standard InChI is InChI=1S/C15H13FN2O/c1-2-10-3-6-15(13(18)8-10)19-14-5-4-11(9-17)7-12(14)16/h3-8H,2,18H2,1H3. The van der Waals surface area contributed by atoms with E-state index < -0.39 is 5.82 Å². The van der Waals surface area contributed by atoms with Crippen LogP contribution in [-0.4, -0.2) is 0 Å². The number of hydrogen-bond donors (Lipinski definition) is 1. The first-order chi connectivity index (χ1) is 9.13. The highest BCUT2D eigenvalue weighted by molar-refractivity contribution is 5.56. The number of nitrogens with two attached hydrogens (primary N) is 1. The van der Waals surface area contributed by atoms with Crippen LogP contribution in [0.1, 0.15) is 18.1 Å². The summed E-state index contributed by atoms with van der Waals surface area (Å²) < 4.78 is 19.1. The van der Waals surface area contributed by atoms with Gasteiger partial charge in [0.05, 0.1) is 17.3 Å². The summed E-state index contributed by atoms with van der Waals surface area (Å²) >= 11 is 0. The number of ether oxygens (including phenoxy) is 1. The van der Waals surface area contributed by atoms with Crippen molar-refractivity contribution in [1.82, 2.24) is 0 Å². The predicted molar refractivity (Wildman–Crippen MR) is 71.4 cm³/mol. The van der Waals surface area contributed by atoms with Crippen LogP contribution in [0.2, 0.25) is 0 Å². The Morgan fingerprint density at radius 2 is 1.95 bits per heavy atom. The van der Waals surface area contributed by atoms with Crippen molar-refractivity contribution in [1.29, 1.82) is 5.26 Å². The monoisotopic (exact) mass is 256 g/mol. The Morgan fingerprint density at radius 3 is 2.53 bits per heavy atom. The van der Waals surface area contributed by atoms with Gasteiger partial charge < -0.3 is 10.5 Å². The van der Waals surface area contributed by atoms with Gasteiger partial charge in [0.2, 0.25) is 0 Å². The Labute approximate surface area is 111 Å². The number of nitrogen functional groups attached to an aromatic ring is 1. The lowest BCUT2D eigenvalue weighted by molar-refractivity contribution is 0.444. The Kier molecular flexibility index (Phi) is 3.67. The molecule has 2 aromatic rings. The van der Waals surface area contributed by atoms with Crippen LogP contribution < -0.4 is 10.5 Å². The van der Waals surface area contributed by atoms with Gasteiger partial charge in [0, 0.05) is 0 Å². The van der Waals surface area contributed by atoms with Gasteiger partial charge in [-0.3, -0.25) is 0 Å². The van der Waals surface area contributed by atoms with Crippen LogP contribution in [0.15, 0.2) is 36.4 Å². The minimum absolute atomic E-state index is 0.0509. The van der Waals surface area contributed by atoms with Crippen molar-refractivity contribution in [2.24, 2.45) is 0 Å². The van der Waals surface area contributed by atoms with Crippen molar-refractivity contribution in [2.45, 2.75) is 13.3 Å². The van der Waals surface area contributed by atoms with Crippen LogP contribution in [0.25, 0.3) is 0 Å². The fraction of sp³-hybridized carbons (Fsp3) is 0.133. The lowest BCUT2D eigenvalue weighted by Gasteiger charge is -2.10. The van der Waals surface area contributed by atoms with Gasteiger partial charge in [0.25, 0.3) is 0 Å². The summed E-state index contributed by atoms with van der Waals surface area (Å²) in [5.41, 5.74) is 7.65. The zero-order chi connectivity index (χ0) is 13.8. The van der Waals surface area contributed by atoms with Gasteiger partial charge in [-0.05, 0) is 42.3 Å². The number of nitrogens with zero attached hydrogens (tertiary/aromatic N) is 1. The van der Waals surface area contributed by atoms with E-state index in [0.717, 1.165) is 18.1 Å². The number of benzene rings is 2. The van der Waals surface area contributed by atoms with Gasteiger partial charge in [-0.25, -0.2) is 4.39 Å². The second-order valence-electron chi connectivity index (χ2n) is 4.08. The molecule has 0 bridgehead atoms. The van der Waals surface area contributed by atoms with Crippen LogP contribution in [0.5, 0.6) is 11.5 Å². The molecule has 0 spiro atoms. The summed E-state index contributed by atoms with van der Waals surface area (Å²) in [5, 5.41) is 8.67. The minimum Gasteiger partial charge on any atom is -0.452 e. The molecule has 0 radical (unpaired) electrons. The molecule has 0 atom stereocenters. The summed E-state index contributed by atoms with van der Waals surface area (Å²) in [7, 11) is 0. The van der Waals surface area contributed by atoms with E-state index >= 15 is 0 Å². The molecule has 2 rings (SSSR count). The lowest BCUT2D eigenvalue weighted by Crippen LogP contribution is -1.95. The molecule has 0 aliphatic carbocycles. The SMILES string of the molecule is CCc1ccc(Oc2ccc(C#N)cc2F)c(N)c1. The van der Waals surface area contributed by atoms with Gasteiger partial charge in [-0.1, -0.05) is 13.0 Å². The Morgan fingerprint density at radius 1 is 1.21 bits per heavy atom. The highest BCUT2D eigenvalue weighted by Gasteiger charge is 2.08. The van der Waals surface area contributed by atoms with Crippen LogP contribution in [0.4, 0.5) is 10.1 Å². The molecule has 19 heavy (non-hydrogen) atoms. The third kappa shape index (κ3) is 2.83. The molecule has 0 aliphatic rings. The molecule has 0 aromatic heterocycles. The highest BCUT2D eigenvalue weighted by Crippen LogP contribution is 2.30. The molecule has 0 unspecified atom stereocenters. The van der Waals surface area contributed by atoms with Crippen molar-refractivity contribution in [2.75, 3.05) is 5.73 Å². The van der Waals surface area contributed by atoms with Crippen molar-refractivity contribution in [3.05, 3.63) is 53.3 Å². The normalized spacial score (nSPS) is 9.95. The first-order valence-electron chi connectivity index (χ1n) is 5.90. The maximum absolute atomic E-state index is 13.7. The van der Waals surface area contributed by atoms with E-state index in [1.165, 1.54) is 12.1 Å². The Hall–Kier alpha value is -2.54. The van der Waals surface area contributed by atoms with Gasteiger partial charge in [-0.2, -0.15) is 5.26 Å². The maximum Gasteiger partial charge on any atom is 0.167 e. The van der Waals surface area contributed by atoms with E-state index in [-0.39, 0.29) is 11.3 Å². The second kappa shape index (κ2) is 5.40. The first kappa shape index (κ1) is 12.9. The van der Waals surface area contributed by atoms with E-state index in [1.807, 2.05) is 19.1 Å². The molecule has 3 nitrogen and oxygen atoms in total. The quantitative estimate of drug-likeness (QED) is 0.853. The van der Waals surface area contributed by atoms with E-state index in [1.54, 1.807) is 12.1 Å². The molecule has 0 amide bonds. The summed E-state index contributed by atoms with van der Waals surface area (Å²) in [6.07, 6.45) is 0.871. The molecule has 96 valence electrons. The van der Waals surface area contributed by atoms with E-state index in [4.69, 9.17) is 15.7 Å². The number of nitriles is 1. The van der Waals surface area contributed by atoms with Crippen molar-refractivity contribution in [3.8, 4) is 17.6 Å². The first-order valence-corrected chi connectivity index (χ1v) is 5.90. The number of halogens is 1. The molecule has 0 aliphatic heterocycles. The summed E-state index contributed by atoms with van der Waals surface area (Å²) in [6, 6.07) is 11.3. The minimum atomic E-state index is -0.585. The Bertz CT molecular complexity index is 647. The lowest BCUT2D eigenvalue weighted by atomic mass is 10.1. The molecule has 4 heteroatoms. The number of rotatable bonds is 3. The van der Waals surface area contributed by atoms with E-state index in [9.17, 15) is 4.39 Å². The topological polar surface area (TPSA) is 59.0 Å². The number of hydrogen-bond acceptors (Lipinski definition) is 3. The summed E-state index contributed by atoms with van der Waals surface area (Å²) in [5.74, 6) is -0.131. The molecule has 0 saturated carbocycles. The largest absolute Gasteiger partial charge is 0.452 e. The molecule has 0 saturated heterocycles. The van der Waals surface area contributed by atoms with Gasteiger partial charge >= 0.3 is 0 Å². The number of aryl methyl sites for hydroxylation is 1. The fourth-order valence-electron chi connectivity index (χ4n) is 1.68. The van der Waals surface area contributed by atoms with Crippen molar-refractivity contribution in [3.63, 3.8) is 0 Å². The molecule has 2 aromatic carbocycles. The van der Waals surface area contributed by atoms with Crippen molar-refractivity contribution < 1.29 is 9.13 Å². The predicted octanol–water partition coefficient (Wildman–Crippen LogP) is 3.63. The molecular formula is C15H13FN2O. The third-order valence-electron chi connectivity index (χ3n) is 2.76. The highest BCUT2D eigenvalue weighted by atomic mass is 19.1. The summed E-state index contributed by atoms with van der Waals surface area (Å²) in [6.45, 7) is 2.02. The van der Waals surface area contributed by atoms with Crippen LogP contribution in [0, 0.1) is 17.1 Å². The van der Waals surface area contributed by atoms with Gasteiger partial charge in [0.15, 0.2) is 11.6 Å². The third-order valence-corrected chi connectivity index (χ3v) is 2.76. The van der Waals surface area contributed by atoms with Crippen LogP contribution in [0.3, 0.4) is 0 Å². The van der Waals surface area contributed by atoms with Gasteiger partial charge in [0.1, 0.15) is 5.75 Å². The smallest absolute Gasteiger partial charge is 0.167 e. The second-order valence-corrected chi connectivity index (χ2v) is 4.08.